The summed E-state index contributed by atoms with van der Waals surface area (Å²) in [6.07, 6.45) is 3.75. The Morgan fingerprint density at radius 3 is 2.52 bits per heavy atom. The Balaban J connectivity index is 2.23. The van der Waals surface area contributed by atoms with E-state index in [9.17, 15) is 0 Å². The molecule has 21 heavy (non-hydrogen) atoms. The largest absolute Gasteiger partial charge is 0.489 e. The fourth-order valence-electron chi connectivity index (χ4n) is 3.75. The van der Waals surface area contributed by atoms with Gasteiger partial charge in [-0.05, 0) is 49.6 Å². The van der Waals surface area contributed by atoms with Gasteiger partial charge in [0.1, 0.15) is 11.9 Å². The van der Waals surface area contributed by atoms with Crippen LogP contribution in [0.5, 0.6) is 5.75 Å². The normalized spacial score (nSPS) is 24.0. The summed E-state index contributed by atoms with van der Waals surface area (Å²) >= 11 is 3.57. The molecule has 2 atom stereocenters. The minimum absolute atomic E-state index is 0.274. The first kappa shape index (κ1) is 16.8. The minimum atomic E-state index is 0.274. The molecule has 0 aromatic heterocycles. The van der Waals surface area contributed by atoms with Crippen LogP contribution >= 0.6 is 15.9 Å². The molecule has 2 rings (SSSR count). The van der Waals surface area contributed by atoms with E-state index in [-0.39, 0.29) is 5.41 Å². The zero-order valence-electron chi connectivity index (χ0n) is 13.9. The van der Waals surface area contributed by atoms with Gasteiger partial charge in [-0.15, -0.1) is 0 Å². The van der Waals surface area contributed by atoms with E-state index in [4.69, 9.17) is 4.74 Å². The lowest BCUT2D eigenvalue weighted by atomic mass is 9.58. The van der Waals surface area contributed by atoms with Gasteiger partial charge < -0.3 is 10.1 Å². The molecule has 1 saturated carbocycles. The van der Waals surface area contributed by atoms with E-state index >= 15 is 0 Å². The highest BCUT2D eigenvalue weighted by atomic mass is 79.9. The molecule has 1 N–H and O–H groups in total. The maximum atomic E-state index is 6.47. The van der Waals surface area contributed by atoms with Crippen molar-refractivity contribution in [3.8, 4) is 5.75 Å². The van der Waals surface area contributed by atoms with Crippen LogP contribution in [0, 0.1) is 5.41 Å². The first-order chi connectivity index (χ1) is 9.98. The molecule has 2 unspecified atom stereocenters. The SMILES string of the molecule is CCC1(CC)C(NC)CC1Oc1ccc(Br)cc1C(C)C. The third-order valence-electron chi connectivity index (χ3n) is 5.31. The van der Waals surface area contributed by atoms with Gasteiger partial charge >= 0.3 is 0 Å². The van der Waals surface area contributed by atoms with Gasteiger partial charge in [0.25, 0.3) is 0 Å². The number of halogens is 1. The summed E-state index contributed by atoms with van der Waals surface area (Å²) in [5, 5.41) is 3.47. The highest BCUT2D eigenvalue weighted by Crippen LogP contribution is 2.49. The minimum Gasteiger partial charge on any atom is -0.489 e. The van der Waals surface area contributed by atoms with Crippen LogP contribution in [0.1, 0.15) is 58.4 Å². The highest BCUT2D eigenvalue weighted by Gasteiger charge is 2.53. The fraction of sp³-hybridized carbons (Fsp3) is 0.667. The zero-order chi connectivity index (χ0) is 15.6. The molecule has 0 heterocycles. The Morgan fingerprint density at radius 2 is 2.00 bits per heavy atom. The van der Waals surface area contributed by atoms with Crippen LogP contribution < -0.4 is 10.1 Å². The van der Waals surface area contributed by atoms with E-state index in [1.165, 1.54) is 5.56 Å². The lowest BCUT2D eigenvalue weighted by Gasteiger charge is -2.55. The first-order valence-electron chi connectivity index (χ1n) is 8.11. The van der Waals surface area contributed by atoms with Crippen molar-refractivity contribution in [2.45, 2.75) is 65.0 Å². The Bertz CT molecular complexity index is 482. The number of benzene rings is 1. The smallest absolute Gasteiger partial charge is 0.123 e. The zero-order valence-corrected chi connectivity index (χ0v) is 15.5. The predicted molar refractivity (Wildman–Crippen MR) is 93.1 cm³/mol. The van der Waals surface area contributed by atoms with E-state index in [1.54, 1.807) is 0 Å². The fourth-order valence-corrected chi connectivity index (χ4v) is 4.13. The van der Waals surface area contributed by atoms with Crippen LogP contribution in [0.4, 0.5) is 0 Å². The van der Waals surface area contributed by atoms with Gasteiger partial charge in [-0.25, -0.2) is 0 Å². The second-order valence-corrected chi connectivity index (χ2v) is 7.38. The summed E-state index contributed by atoms with van der Waals surface area (Å²) in [6, 6.07) is 6.96. The Morgan fingerprint density at radius 1 is 1.33 bits per heavy atom. The second kappa shape index (κ2) is 6.70. The predicted octanol–water partition coefficient (Wildman–Crippen LogP) is 5.12. The summed E-state index contributed by atoms with van der Waals surface area (Å²) in [7, 11) is 2.07. The van der Waals surface area contributed by atoms with Crippen molar-refractivity contribution < 1.29 is 4.74 Å². The number of hydrogen-bond acceptors (Lipinski definition) is 2. The lowest BCUT2D eigenvalue weighted by Crippen LogP contribution is -2.63. The molecule has 3 heteroatoms. The quantitative estimate of drug-likeness (QED) is 0.766. The topological polar surface area (TPSA) is 21.3 Å². The van der Waals surface area contributed by atoms with Crippen molar-refractivity contribution in [3.05, 3.63) is 28.2 Å². The summed E-state index contributed by atoms with van der Waals surface area (Å²) in [6.45, 7) is 9.01. The van der Waals surface area contributed by atoms with Crippen LogP contribution in [0.15, 0.2) is 22.7 Å². The molecule has 1 aromatic rings. The van der Waals surface area contributed by atoms with E-state index < -0.39 is 0 Å². The number of ether oxygens (including phenoxy) is 1. The molecule has 1 aliphatic carbocycles. The van der Waals surface area contributed by atoms with Crippen molar-refractivity contribution in [2.24, 2.45) is 5.41 Å². The number of rotatable bonds is 6. The maximum absolute atomic E-state index is 6.47. The van der Waals surface area contributed by atoms with Gasteiger partial charge in [0.05, 0.1) is 0 Å². The molecule has 118 valence electrons. The molecule has 0 saturated heterocycles. The highest BCUT2D eigenvalue weighted by molar-refractivity contribution is 9.10. The standard InChI is InChI=1S/C18H28BrNO/c1-6-18(7-2)16(20-5)11-17(18)21-15-9-8-13(19)10-14(15)12(3)4/h8-10,12,16-17,20H,6-7,11H2,1-5H3. The molecule has 0 spiro atoms. The van der Waals surface area contributed by atoms with Crippen LogP contribution in [-0.4, -0.2) is 19.2 Å². The van der Waals surface area contributed by atoms with Crippen LogP contribution in [0.3, 0.4) is 0 Å². The third kappa shape index (κ3) is 3.00. The molecule has 0 amide bonds. The molecule has 0 aliphatic heterocycles. The van der Waals surface area contributed by atoms with Crippen molar-refractivity contribution in [3.63, 3.8) is 0 Å². The lowest BCUT2D eigenvalue weighted by molar-refractivity contribution is -0.0840. The average molecular weight is 354 g/mol. The number of hydrogen-bond donors (Lipinski definition) is 1. The Hall–Kier alpha value is -0.540. The van der Waals surface area contributed by atoms with Gasteiger partial charge in [-0.3, -0.25) is 0 Å². The molecule has 1 aromatic carbocycles. The summed E-state index contributed by atoms with van der Waals surface area (Å²) in [5.74, 6) is 1.52. The average Bonchev–Trinajstić information content (AvgIpc) is 2.45. The van der Waals surface area contributed by atoms with Gasteiger partial charge in [-0.1, -0.05) is 43.6 Å². The number of nitrogens with one attached hydrogen (secondary N) is 1. The summed E-state index contributed by atoms with van der Waals surface area (Å²) < 4.78 is 7.59. The molecule has 0 bridgehead atoms. The van der Waals surface area contributed by atoms with Gasteiger partial charge in [0.15, 0.2) is 0 Å². The van der Waals surface area contributed by atoms with Gasteiger partial charge in [0.2, 0.25) is 0 Å². The molecule has 2 nitrogen and oxygen atoms in total. The van der Waals surface area contributed by atoms with Crippen LogP contribution in [-0.2, 0) is 0 Å². The second-order valence-electron chi connectivity index (χ2n) is 6.46. The van der Waals surface area contributed by atoms with Crippen molar-refractivity contribution in [1.82, 2.24) is 5.32 Å². The summed E-state index contributed by atoms with van der Waals surface area (Å²) in [5.41, 5.74) is 1.56. The van der Waals surface area contributed by atoms with Crippen molar-refractivity contribution in [1.29, 1.82) is 0 Å². The molecule has 0 radical (unpaired) electrons. The van der Waals surface area contributed by atoms with Crippen LogP contribution in [0.25, 0.3) is 0 Å². The van der Waals surface area contributed by atoms with Crippen molar-refractivity contribution in [2.75, 3.05) is 7.05 Å². The maximum Gasteiger partial charge on any atom is 0.123 e. The summed E-state index contributed by atoms with van der Waals surface area (Å²) in [4.78, 5) is 0. The monoisotopic (exact) mass is 353 g/mol. The van der Waals surface area contributed by atoms with E-state index in [2.05, 4.69) is 74.2 Å². The molecule has 1 aliphatic rings. The van der Waals surface area contributed by atoms with Gasteiger partial charge in [-0.2, -0.15) is 0 Å². The van der Waals surface area contributed by atoms with E-state index in [0.29, 0.717) is 18.1 Å². The molecular weight excluding hydrogens is 326 g/mol. The third-order valence-corrected chi connectivity index (χ3v) is 5.81. The molecule has 1 fully saturated rings. The van der Waals surface area contributed by atoms with Crippen LogP contribution in [0.2, 0.25) is 0 Å². The molecular formula is C18H28BrNO. The Kier molecular flexibility index (Phi) is 5.37. The van der Waals surface area contributed by atoms with E-state index in [1.807, 2.05) is 0 Å². The Labute approximate surface area is 137 Å². The van der Waals surface area contributed by atoms with Crippen molar-refractivity contribution >= 4 is 15.9 Å². The van der Waals surface area contributed by atoms with Gasteiger partial charge in [0, 0.05) is 22.4 Å². The first-order valence-corrected chi connectivity index (χ1v) is 8.91. The van der Waals surface area contributed by atoms with E-state index in [0.717, 1.165) is 29.5 Å².